The van der Waals surface area contributed by atoms with Crippen molar-refractivity contribution in [1.29, 1.82) is 0 Å². The van der Waals surface area contributed by atoms with Crippen molar-refractivity contribution in [3.05, 3.63) is 22.3 Å². The molecule has 0 spiro atoms. The number of hydrogen-bond donors (Lipinski definition) is 1. The van der Waals surface area contributed by atoms with Gasteiger partial charge in [-0.25, -0.2) is 4.98 Å². The summed E-state index contributed by atoms with van der Waals surface area (Å²) in [6.45, 7) is 5.85. The van der Waals surface area contributed by atoms with Crippen LogP contribution < -0.4 is 4.90 Å². The van der Waals surface area contributed by atoms with Gasteiger partial charge in [0.25, 0.3) is 0 Å². The molecule has 17 heavy (non-hydrogen) atoms. The summed E-state index contributed by atoms with van der Waals surface area (Å²) in [6.07, 6.45) is 4.56. The molecule has 0 saturated carbocycles. The van der Waals surface area contributed by atoms with Crippen LogP contribution in [-0.4, -0.2) is 28.8 Å². The molecule has 4 heteroatoms. The van der Waals surface area contributed by atoms with Crippen molar-refractivity contribution in [1.82, 2.24) is 4.98 Å². The van der Waals surface area contributed by atoms with Crippen LogP contribution >= 0.6 is 15.9 Å². The maximum atomic E-state index is 10.1. The monoisotopic (exact) mass is 298 g/mol. The van der Waals surface area contributed by atoms with Gasteiger partial charge in [-0.05, 0) is 60.7 Å². The van der Waals surface area contributed by atoms with Crippen molar-refractivity contribution in [2.45, 2.75) is 38.7 Å². The van der Waals surface area contributed by atoms with E-state index in [2.05, 4.69) is 38.8 Å². The number of nitrogens with zero attached hydrogens (tertiary/aromatic N) is 2. The molecule has 3 nitrogen and oxygen atoms in total. The highest BCUT2D eigenvalue weighted by molar-refractivity contribution is 9.10. The number of aryl methyl sites for hydroxylation is 1. The van der Waals surface area contributed by atoms with E-state index in [0.717, 1.165) is 42.6 Å². The van der Waals surface area contributed by atoms with Gasteiger partial charge in [0.2, 0.25) is 0 Å². The summed E-state index contributed by atoms with van der Waals surface area (Å²) in [6, 6.07) is 2.10. The number of aliphatic hydroxyl groups is 1. The van der Waals surface area contributed by atoms with Crippen molar-refractivity contribution >= 4 is 21.7 Å². The first-order chi connectivity index (χ1) is 7.98. The molecular weight excluding hydrogens is 280 g/mol. The van der Waals surface area contributed by atoms with Gasteiger partial charge in [-0.1, -0.05) is 0 Å². The van der Waals surface area contributed by atoms with Crippen molar-refractivity contribution in [3.63, 3.8) is 0 Å². The van der Waals surface area contributed by atoms with E-state index in [0.29, 0.717) is 0 Å². The van der Waals surface area contributed by atoms with E-state index >= 15 is 0 Å². The zero-order valence-corrected chi connectivity index (χ0v) is 12.0. The minimum absolute atomic E-state index is 0.515. The van der Waals surface area contributed by atoms with Crippen molar-refractivity contribution in [2.24, 2.45) is 0 Å². The predicted molar refractivity (Wildman–Crippen MR) is 73.4 cm³/mol. The Morgan fingerprint density at radius 3 is 2.88 bits per heavy atom. The summed E-state index contributed by atoms with van der Waals surface area (Å²) >= 11 is 3.47. The van der Waals surface area contributed by atoms with E-state index in [4.69, 9.17) is 0 Å². The van der Waals surface area contributed by atoms with E-state index in [9.17, 15) is 5.11 Å². The molecule has 0 bridgehead atoms. The number of rotatable bonds is 1. The summed E-state index contributed by atoms with van der Waals surface area (Å²) in [5, 5.41) is 10.1. The van der Waals surface area contributed by atoms with Crippen molar-refractivity contribution in [3.8, 4) is 0 Å². The summed E-state index contributed by atoms with van der Waals surface area (Å²) in [5.41, 5.74) is 0.685. The number of pyridine rings is 1. The van der Waals surface area contributed by atoms with E-state index in [1.165, 1.54) is 5.56 Å². The van der Waals surface area contributed by atoms with Crippen LogP contribution in [0, 0.1) is 6.92 Å². The van der Waals surface area contributed by atoms with Gasteiger partial charge in [-0.3, -0.25) is 0 Å². The Labute approximate surface area is 111 Å². The smallest absolute Gasteiger partial charge is 0.128 e. The van der Waals surface area contributed by atoms with Crippen LogP contribution in [0.5, 0.6) is 0 Å². The fraction of sp³-hybridized carbons (Fsp3) is 0.615. The Balaban J connectivity index is 2.14. The highest BCUT2D eigenvalue weighted by Gasteiger charge is 2.25. The van der Waals surface area contributed by atoms with Gasteiger partial charge in [0, 0.05) is 23.8 Å². The minimum atomic E-state index is -0.515. The molecule has 1 fully saturated rings. The van der Waals surface area contributed by atoms with Gasteiger partial charge in [0.15, 0.2) is 0 Å². The molecule has 2 rings (SSSR count). The Morgan fingerprint density at radius 1 is 1.41 bits per heavy atom. The van der Waals surface area contributed by atoms with Crippen molar-refractivity contribution in [2.75, 3.05) is 18.0 Å². The molecule has 0 aliphatic carbocycles. The third-order valence-corrected chi connectivity index (χ3v) is 4.25. The number of hydrogen-bond acceptors (Lipinski definition) is 3. The first kappa shape index (κ1) is 12.8. The summed E-state index contributed by atoms with van der Waals surface area (Å²) < 4.78 is 1.04. The van der Waals surface area contributed by atoms with Crippen LogP contribution in [0.1, 0.15) is 31.7 Å². The second-order valence-electron chi connectivity index (χ2n) is 5.13. The average molecular weight is 299 g/mol. The largest absolute Gasteiger partial charge is 0.390 e. The van der Waals surface area contributed by atoms with Crippen LogP contribution in [0.25, 0.3) is 0 Å². The lowest BCUT2D eigenvalue weighted by Crippen LogP contribution is -2.28. The topological polar surface area (TPSA) is 36.4 Å². The van der Waals surface area contributed by atoms with Gasteiger partial charge in [-0.15, -0.1) is 0 Å². The normalized spacial score (nSPS) is 25.8. The Bertz CT molecular complexity index is 406. The molecule has 1 unspecified atom stereocenters. The molecular formula is C13H19BrN2O. The maximum absolute atomic E-state index is 10.1. The average Bonchev–Trinajstić information content (AvgIpc) is 2.44. The molecule has 1 aliphatic heterocycles. The summed E-state index contributed by atoms with van der Waals surface area (Å²) in [7, 11) is 0. The fourth-order valence-corrected chi connectivity index (χ4v) is 2.41. The van der Waals surface area contributed by atoms with Gasteiger partial charge in [0.1, 0.15) is 5.82 Å². The summed E-state index contributed by atoms with van der Waals surface area (Å²) in [5.74, 6) is 1.02. The molecule has 2 heterocycles. The van der Waals surface area contributed by atoms with E-state index in [-0.39, 0.29) is 0 Å². The predicted octanol–water partition coefficient (Wildman–Crippen LogP) is 2.89. The molecule has 1 saturated heterocycles. The van der Waals surface area contributed by atoms with E-state index in [1.807, 2.05) is 13.1 Å². The lowest BCUT2D eigenvalue weighted by molar-refractivity contribution is 0.0481. The van der Waals surface area contributed by atoms with E-state index in [1.54, 1.807) is 0 Å². The number of aromatic nitrogens is 1. The fourth-order valence-electron chi connectivity index (χ4n) is 2.19. The Morgan fingerprint density at radius 2 is 2.18 bits per heavy atom. The van der Waals surface area contributed by atoms with Gasteiger partial charge < -0.3 is 10.0 Å². The maximum Gasteiger partial charge on any atom is 0.128 e. The highest BCUT2D eigenvalue weighted by Crippen LogP contribution is 2.26. The van der Waals surface area contributed by atoms with Crippen molar-refractivity contribution < 1.29 is 5.11 Å². The van der Waals surface area contributed by atoms with Crippen LogP contribution in [0.2, 0.25) is 0 Å². The van der Waals surface area contributed by atoms with Gasteiger partial charge in [0.05, 0.1) is 5.60 Å². The van der Waals surface area contributed by atoms with E-state index < -0.39 is 5.60 Å². The second kappa shape index (κ2) is 4.94. The molecule has 0 radical (unpaired) electrons. The molecule has 0 amide bonds. The molecule has 1 aromatic heterocycles. The Kier molecular flexibility index (Phi) is 3.73. The third kappa shape index (κ3) is 3.19. The van der Waals surface area contributed by atoms with Crippen LogP contribution in [0.15, 0.2) is 16.7 Å². The second-order valence-corrected chi connectivity index (χ2v) is 5.98. The Hall–Kier alpha value is -0.610. The molecule has 1 atom stereocenters. The lowest BCUT2D eigenvalue weighted by atomic mass is 9.98. The van der Waals surface area contributed by atoms with Gasteiger partial charge in [-0.2, -0.15) is 0 Å². The molecule has 1 aromatic rings. The standard InChI is InChI=1S/C13H19BrN2O/c1-10-8-12(15-9-11(10)14)16-6-3-4-13(2,17)5-7-16/h8-9,17H,3-7H2,1-2H3. The zero-order valence-electron chi connectivity index (χ0n) is 10.4. The SMILES string of the molecule is Cc1cc(N2CCCC(C)(O)CC2)ncc1Br. The first-order valence-corrected chi connectivity index (χ1v) is 6.87. The van der Waals surface area contributed by atoms with Gasteiger partial charge >= 0.3 is 0 Å². The number of halogens is 1. The zero-order chi connectivity index (χ0) is 12.5. The van der Waals surface area contributed by atoms with Crippen LogP contribution in [-0.2, 0) is 0 Å². The molecule has 94 valence electrons. The van der Waals surface area contributed by atoms with Crippen LogP contribution in [0.4, 0.5) is 5.82 Å². The minimum Gasteiger partial charge on any atom is -0.390 e. The quantitative estimate of drug-likeness (QED) is 0.866. The third-order valence-electron chi connectivity index (χ3n) is 3.42. The highest BCUT2D eigenvalue weighted by atomic mass is 79.9. The molecule has 1 aliphatic rings. The molecule has 1 N–H and O–H groups in total. The summed E-state index contributed by atoms with van der Waals surface area (Å²) in [4.78, 5) is 6.71. The molecule has 0 aromatic carbocycles. The lowest BCUT2D eigenvalue weighted by Gasteiger charge is -2.23. The number of anilines is 1. The first-order valence-electron chi connectivity index (χ1n) is 6.07. The van der Waals surface area contributed by atoms with Crippen LogP contribution in [0.3, 0.4) is 0 Å².